The van der Waals surface area contributed by atoms with E-state index in [0.717, 1.165) is 17.1 Å². The molecule has 0 fully saturated rings. The van der Waals surface area contributed by atoms with E-state index in [9.17, 15) is 0 Å². The van der Waals surface area contributed by atoms with E-state index in [1.807, 2.05) is 0 Å². The van der Waals surface area contributed by atoms with Crippen molar-refractivity contribution in [1.29, 1.82) is 0 Å². The van der Waals surface area contributed by atoms with Gasteiger partial charge in [0, 0.05) is 33.4 Å². The molecule has 1 aliphatic heterocycles. The third kappa shape index (κ3) is 4.49. The Hall–Kier alpha value is -5.60. The zero-order valence-corrected chi connectivity index (χ0v) is 25.6. The molecular weight excluding hydrogens is 544 g/mol. The summed E-state index contributed by atoms with van der Waals surface area (Å²) < 4.78 is 0. The molecule has 0 bridgehead atoms. The first-order valence-corrected chi connectivity index (χ1v) is 15.6. The second kappa shape index (κ2) is 10.8. The summed E-state index contributed by atoms with van der Waals surface area (Å²) in [6.45, 7) is 4.71. The minimum Gasteiger partial charge on any atom is -0.310 e. The molecule has 0 spiro atoms. The molecular formula is C43H34N2. The van der Waals surface area contributed by atoms with Gasteiger partial charge in [-0.1, -0.05) is 141 Å². The largest absolute Gasteiger partial charge is 0.310 e. The number of rotatable bonds is 5. The zero-order chi connectivity index (χ0) is 30.4. The maximum atomic E-state index is 2.53. The first-order valence-electron chi connectivity index (χ1n) is 15.6. The van der Waals surface area contributed by atoms with E-state index in [2.05, 4.69) is 194 Å². The highest BCUT2D eigenvalue weighted by Crippen LogP contribution is 2.56. The molecule has 2 nitrogen and oxygen atoms in total. The second-order valence-corrected chi connectivity index (χ2v) is 12.2. The Kier molecular flexibility index (Phi) is 6.50. The Bertz CT molecular complexity index is 2090. The molecule has 216 valence electrons. The molecule has 0 unspecified atom stereocenters. The third-order valence-corrected chi connectivity index (χ3v) is 9.21. The van der Waals surface area contributed by atoms with Crippen LogP contribution in [0.5, 0.6) is 0 Å². The molecule has 0 radical (unpaired) electrons. The van der Waals surface area contributed by atoms with Crippen LogP contribution >= 0.6 is 0 Å². The molecule has 8 rings (SSSR count). The lowest BCUT2D eigenvalue weighted by molar-refractivity contribution is 0.632. The van der Waals surface area contributed by atoms with Crippen LogP contribution in [-0.2, 0) is 5.41 Å². The summed E-state index contributed by atoms with van der Waals surface area (Å²) in [5.41, 5.74) is 11.8. The second-order valence-electron chi connectivity index (χ2n) is 12.2. The highest BCUT2D eigenvalue weighted by Gasteiger charge is 2.38. The lowest BCUT2D eigenvalue weighted by Gasteiger charge is -2.43. The van der Waals surface area contributed by atoms with Crippen LogP contribution < -0.4 is 9.80 Å². The molecule has 0 N–H and O–H groups in total. The van der Waals surface area contributed by atoms with E-state index in [1.165, 1.54) is 50.1 Å². The van der Waals surface area contributed by atoms with Gasteiger partial charge in [-0.3, -0.25) is 0 Å². The van der Waals surface area contributed by atoms with Crippen molar-refractivity contribution in [3.05, 3.63) is 181 Å². The predicted octanol–water partition coefficient (Wildman–Crippen LogP) is 12.1. The molecule has 7 aromatic rings. The molecule has 0 saturated heterocycles. The number of hydrogen-bond acceptors (Lipinski definition) is 2. The molecule has 0 amide bonds. The Balaban J connectivity index is 1.45. The SMILES string of the molecule is CC1(C)c2ccccc2N(c2c(-c3ccccc3)ccc3ccccc23)c2cc(N(c3ccccc3)c3ccccc3)ccc21. The Morgan fingerprint density at radius 2 is 1.04 bits per heavy atom. The van der Waals surface area contributed by atoms with E-state index in [1.54, 1.807) is 0 Å². The third-order valence-electron chi connectivity index (χ3n) is 9.21. The van der Waals surface area contributed by atoms with E-state index in [4.69, 9.17) is 0 Å². The van der Waals surface area contributed by atoms with Gasteiger partial charge in [-0.2, -0.15) is 0 Å². The minimum absolute atomic E-state index is 0.192. The number of para-hydroxylation sites is 3. The summed E-state index contributed by atoms with van der Waals surface area (Å²) in [6, 6.07) is 61.4. The molecule has 1 aliphatic rings. The summed E-state index contributed by atoms with van der Waals surface area (Å²) in [7, 11) is 0. The van der Waals surface area contributed by atoms with Gasteiger partial charge in [0.25, 0.3) is 0 Å². The Labute approximate surface area is 265 Å². The Morgan fingerprint density at radius 3 is 1.76 bits per heavy atom. The Morgan fingerprint density at radius 1 is 0.467 bits per heavy atom. The molecule has 2 heteroatoms. The van der Waals surface area contributed by atoms with Crippen LogP contribution in [0.1, 0.15) is 25.0 Å². The van der Waals surface area contributed by atoms with Crippen molar-refractivity contribution in [2.24, 2.45) is 0 Å². The van der Waals surface area contributed by atoms with Crippen LogP contribution in [0.15, 0.2) is 170 Å². The quantitative estimate of drug-likeness (QED) is 0.200. The van der Waals surface area contributed by atoms with Gasteiger partial charge in [0.05, 0.1) is 17.1 Å². The molecule has 0 aromatic heterocycles. The maximum Gasteiger partial charge on any atom is 0.0618 e. The summed E-state index contributed by atoms with van der Waals surface area (Å²) in [5, 5.41) is 2.45. The van der Waals surface area contributed by atoms with Crippen molar-refractivity contribution >= 4 is 44.9 Å². The van der Waals surface area contributed by atoms with Crippen molar-refractivity contribution in [1.82, 2.24) is 0 Å². The first kappa shape index (κ1) is 27.0. The fraction of sp³-hybridized carbons (Fsp3) is 0.0698. The lowest BCUT2D eigenvalue weighted by atomic mass is 9.73. The monoisotopic (exact) mass is 578 g/mol. The van der Waals surface area contributed by atoms with Crippen LogP contribution in [0.3, 0.4) is 0 Å². The van der Waals surface area contributed by atoms with Gasteiger partial charge in [0.15, 0.2) is 0 Å². The van der Waals surface area contributed by atoms with Gasteiger partial charge in [0.1, 0.15) is 0 Å². The van der Waals surface area contributed by atoms with Gasteiger partial charge in [-0.05, 0) is 64.5 Å². The smallest absolute Gasteiger partial charge is 0.0618 e. The summed E-state index contributed by atoms with van der Waals surface area (Å²) in [5.74, 6) is 0. The predicted molar refractivity (Wildman–Crippen MR) is 191 cm³/mol. The van der Waals surface area contributed by atoms with Gasteiger partial charge in [0.2, 0.25) is 0 Å². The van der Waals surface area contributed by atoms with E-state index in [-0.39, 0.29) is 5.41 Å². The summed E-state index contributed by atoms with van der Waals surface area (Å²) in [4.78, 5) is 4.88. The average molecular weight is 579 g/mol. The highest BCUT2D eigenvalue weighted by atomic mass is 15.2. The van der Waals surface area contributed by atoms with Crippen molar-refractivity contribution < 1.29 is 0 Å². The zero-order valence-electron chi connectivity index (χ0n) is 25.6. The fourth-order valence-corrected chi connectivity index (χ4v) is 7.03. The molecule has 7 aromatic carbocycles. The van der Waals surface area contributed by atoms with Gasteiger partial charge in [-0.15, -0.1) is 0 Å². The van der Waals surface area contributed by atoms with Crippen LogP contribution in [0.25, 0.3) is 21.9 Å². The van der Waals surface area contributed by atoms with E-state index >= 15 is 0 Å². The molecule has 1 heterocycles. The van der Waals surface area contributed by atoms with Crippen molar-refractivity contribution in [2.45, 2.75) is 19.3 Å². The molecule has 45 heavy (non-hydrogen) atoms. The van der Waals surface area contributed by atoms with Crippen molar-refractivity contribution in [3.63, 3.8) is 0 Å². The van der Waals surface area contributed by atoms with E-state index in [0.29, 0.717) is 0 Å². The van der Waals surface area contributed by atoms with Crippen molar-refractivity contribution in [3.8, 4) is 11.1 Å². The van der Waals surface area contributed by atoms with Crippen LogP contribution in [-0.4, -0.2) is 0 Å². The maximum absolute atomic E-state index is 2.53. The number of benzene rings is 7. The van der Waals surface area contributed by atoms with Gasteiger partial charge >= 0.3 is 0 Å². The average Bonchev–Trinajstić information content (AvgIpc) is 3.10. The normalized spacial score (nSPS) is 13.2. The molecule has 0 aliphatic carbocycles. The van der Waals surface area contributed by atoms with Crippen LogP contribution in [0.4, 0.5) is 34.1 Å². The van der Waals surface area contributed by atoms with Gasteiger partial charge in [-0.25, -0.2) is 0 Å². The van der Waals surface area contributed by atoms with E-state index < -0.39 is 0 Å². The van der Waals surface area contributed by atoms with Crippen LogP contribution in [0.2, 0.25) is 0 Å². The fourth-order valence-electron chi connectivity index (χ4n) is 7.03. The number of nitrogens with zero attached hydrogens (tertiary/aromatic N) is 2. The van der Waals surface area contributed by atoms with Gasteiger partial charge < -0.3 is 9.80 Å². The lowest BCUT2D eigenvalue weighted by Crippen LogP contribution is -2.31. The minimum atomic E-state index is -0.192. The first-order chi connectivity index (χ1) is 22.1. The topological polar surface area (TPSA) is 6.48 Å². The number of hydrogen-bond donors (Lipinski definition) is 0. The highest BCUT2D eigenvalue weighted by molar-refractivity contribution is 6.07. The summed E-state index contributed by atoms with van der Waals surface area (Å²) in [6.07, 6.45) is 0. The number of fused-ring (bicyclic) bond motifs is 3. The van der Waals surface area contributed by atoms with Crippen molar-refractivity contribution in [2.75, 3.05) is 9.80 Å². The standard InChI is InChI=1S/C43H34N2/c1-43(2)38-24-14-15-25-40(38)45(42-36-23-13-12-18-32(36)26-28-37(42)31-16-6-3-7-17-31)41-30-35(27-29-39(41)43)44(33-19-8-4-9-20-33)34-21-10-5-11-22-34/h3-30H,1-2H3. The number of anilines is 6. The summed E-state index contributed by atoms with van der Waals surface area (Å²) >= 11 is 0. The molecule has 0 atom stereocenters. The molecule has 0 saturated carbocycles. The van der Waals surface area contributed by atoms with Crippen LogP contribution in [0, 0.1) is 0 Å².